The van der Waals surface area contributed by atoms with E-state index in [4.69, 9.17) is 36.6 Å². The van der Waals surface area contributed by atoms with Crippen LogP contribution >= 0.6 is 0 Å². The third-order valence-corrected chi connectivity index (χ3v) is 11.3. The molecule has 0 spiro atoms. The number of anilines is 1. The molecule has 0 saturated heterocycles. The predicted octanol–water partition coefficient (Wildman–Crippen LogP) is 1.99. The Balaban J connectivity index is 1.60. The first-order chi connectivity index (χ1) is 32.3. The number of hydrogen-bond donors (Lipinski definition) is 7. The van der Waals surface area contributed by atoms with E-state index in [1.165, 1.54) is 18.9 Å². The van der Waals surface area contributed by atoms with E-state index in [1.807, 2.05) is 30.3 Å². The summed E-state index contributed by atoms with van der Waals surface area (Å²) in [6.07, 6.45) is -0.0175. The zero-order valence-electron chi connectivity index (χ0n) is 40.1. The Labute approximate surface area is 397 Å². The number of benzene rings is 3. The fourth-order valence-electron chi connectivity index (χ4n) is 7.76. The summed E-state index contributed by atoms with van der Waals surface area (Å²) in [5.41, 5.74) is 22.0. The first kappa shape index (κ1) is 51.8. The van der Waals surface area contributed by atoms with E-state index in [0.717, 1.165) is 11.1 Å². The predicted molar refractivity (Wildman–Crippen MR) is 259 cm³/mol. The molecule has 19 heteroatoms. The summed E-state index contributed by atoms with van der Waals surface area (Å²) in [4.78, 5) is 83.5. The molecule has 19 nitrogen and oxygen atoms in total. The van der Waals surface area contributed by atoms with E-state index >= 15 is 0 Å². The zero-order valence-corrected chi connectivity index (χ0v) is 40.1. The van der Waals surface area contributed by atoms with E-state index in [9.17, 15) is 29.2 Å². The van der Waals surface area contributed by atoms with Crippen LogP contribution in [0.5, 0.6) is 11.5 Å². The van der Waals surface area contributed by atoms with Gasteiger partial charge in [0.2, 0.25) is 23.6 Å². The Kier molecular flexibility index (Phi) is 17.6. The second kappa shape index (κ2) is 23.0. The van der Waals surface area contributed by atoms with Crippen molar-refractivity contribution in [1.29, 1.82) is 5.26 Å². The van der Waals surface area contributed by atoms with Gasteiger partial charge in [-0.25, -0.2) is 9.97 Å². The quantitative estimate of drug-likeness (QED) is 0.0792. The summed E-state index contributed by atoms with van der Waals surface area (Å²) < 4.78 is 12.2. The third-order valence-electron chi connectivity index (χ3n) is 11.3. The highest BCUT2D eigenvalue weighted by molar-refractivity contribution is 6.03. The van der Waals surface area contributed by atoms with Crippen molar-refractivity contribution in [2.45, 2.75) is 77.0 Å². The van der Waals surface area contributed by atoms with Crippen molar-refractivity contribution in [3.05, 3.63) is 88.6 Å². The number of carbonyl (C=O) groups is 5. The van der Waals surface area contributed by atoms with Gasteiger partial charge in [-0.15, -0.1) is 0 Å². The number of nitrogens with zero attached hydrogens (tertiary/aromatic N) is 5. The summed E-state index contributed by atoms with van der Waals surface area (Å²) in [5, 5.41) is 20.0. The molecule has 4 bridgehead atoms. The van der Waals surface area contributed by atoms with Crippen LogP contribution in [0, 0.1) is 18.3 Å². The topological polar surface area (TPSA) is 286 Å². The number of rotatable bonds is 16. The lowest BCUT2D eigenvalue weighted by Crippen LogP contribution is -2.56. The molecule has 5 amide bonds. The van der Waals surface area contributed by atoms with Gasteiger partial charge in [-0.05, 0) is 73.2 Å². The summed E-state index contributed by atoms with van der Waals surface area (Å²) >= 11 is 0. The lowest BCUT2D eigenvalue weighted by atomic mass is 9.86. The van der Waals surface area contributed by atoms with Gasteiger partial charge in [0.1, 0.15) is 66.8 Å². The van der Waals surface area contributed by atoms with Crippen molar-refractivity contribution in [3.8, 4) is 40.1 Å². The monoisotopic (exact) mass is 933 g/mol. The highest BCUT2D eigenvalue weighted by Gasteiger charge is 2.37. The number of nitrogens with two attached hydrogens (primary N) is 3. The van der Waals surface area contributed by atoms with Crippen LogP contribution in [0.25, 0.3) is 22.5 Å². The molecule has 4 atom stereocenters. The van der Waals surface area contributed by atoms with Crippen molar-refractivity contribution in [1.82, 2.24) is 36.1 Å². The van der Waals surface area contributed by atoms with Gasteiger partial charge >= 0.3 is 0 Å². The molecule has 0 radical (unpaired) electrons. The molecule has 1 aliphatic rings. The first-order valence-electron chi connectivity index (χ1n) is 22.5. The maximum atomic E-state index is 14.8. The minimum absolute atomic E-state index is 0.00207. The smallest absolute Gasteiger partial charge is 0.257 e. The molecule has 4 aromatic rings. The van der Waals surface area contributed by atoms with Crippen LogP contribution in [-0.4, -0.2) is 123 Å². The molecular weight excluding hydrogens is 869 g/mol. The highest BCUT2D eigenvalue weighted by Crippen LogP contribution is 2.40. The second-order valence-electron chi connectivity index (χ2n) is 17.7. The molecule has 0 saturated carbocycles. The Bertz CT molecular complexity index is 2520. The van der Waals surface area contributed by atoms with Gasteiger partial charge in [-0.1, -0.05) is 57.2 Å². The van der Waals surface area contributed by atoms with Crippen molar-refractivity contribution in [3.63, 3.8) is 0 Å². The molecule has 0 fully saturated rings. The molecule has 10 N–H and O–H groups in total. The van der Waals surface area contributed by atoms with Crippen molar-refractivity contribution >= 4 is 35.4 Å². The molecule has 3 aromatic carbocycles. The number of likely N-dealkylation sites (N-methyl/N-ethyl adjacent to an activating group) is 1. The van der Waals surface area contributed by atoms with Gasteiger partial charge in [-0.2, -0.15) is 5.26 Å². The molecule has 1 unspecified atom stereocenters. The summed E-state index contributed by atoms with van der Waals surface area (Å²) in [6, 6.07) is 14.9. The van der Waals surface area contributed by atoms with Crippen LogP contribution in [-0.2, 0) is 31.0 Å². The summed E-state index contributed by atoms with van der Waals surface area (Å²) in [6.45, 7) is 9.85. The van der Waals surface area contributed by atoms with Crippen LogP contribution in [0.4, 0.5) is 5.82 Å². The molecular formula is C49H64N12O7. The minimum atomic E-state index is -1.42. The van der Waals surface area contributed by atoms with Crippen LogP contribution in [0.2, 0.25) is 0 Å². The Hall–Kier alpha value is -7.14. The number of amides is 5. The fourth-order valence-corrected chi connectivity index (χ4v) is 7.76. The number of hydrogen-bond acceptors (Lipinski definition) is 14. The van der Waals surface area contributed by atoms with Crippen molar-refractivity contribution in [2.75, 3.05) is 65.4 Å². The third kappa shape index (κ3) is 12.4. The van der Waals surface area contributed by atoms with E-state index in [1.54, 1.807) is 62.3 Å². The van der Waals surface area contributed by atoms with E-state index in [0.29, 0.717) is 51.1 Å². The molecule has 5 rings (SSSR count). The molecule has 1 aliphatic heterocycles. The fraction of sp³-hybridized carbons (Fsp3) is 0.429. The number of carbonyl (C=O) groups excluding carboxylic acids is 5. The van der Waals surface area contributed by atoms with Crippen molar-refractivity contribution in [2.24, 2.45) is 17.2 Å². The number of nitriles is 1. The molecule has 1 aromatic heterocycles. The van der Waals surface area contributed by atoms with E-state index < -0.39 is 53.7 Å². The van der Waals surface area contributed by atoms with Gasteiger partial charge in [0.15, 0.2) is 5.82 Å². The van der Waals surface area contributed by atoms with E-state index in [-0.39, 0.29) is 63.2 Å². The maximum absolute atomic E-state index is 14.8. The summed E-state index contributed by atoms with van der Waals surface area (Å²) in [5.74, 6) is -1.89. The van der Waals surface area contributed by atoms with Gasteiger partial charge in [0.25, 0.3) is 5.91 Å². The standard InChI is InChI=1S/C49H64N12O7/c1-28-40(43(60(6)7)59-42(55-28)31-10-13-33(14-11-31)49(3,4)5)46(64)57-36(17-18-50)48(66)61(8)41-32-12-16-39(68-24-21-53)35(27-32)34-25-30(9-15-38(34)67-23-20-52)26-37(45(63)54-22-19-51)58-44(62)29(2)56-47(41)65/h9-16,25,27,29,36-37,41H,17-18,20-24,26,50,52-53H2,1-8H3,(H,54,63)(H,56,65)(H,57,64)(H,58,62)/t29-,36?,37-,41-/m0/s1. The first-order valence-corrected chi connectivity index (χ1v) is 22.5. The highest BCUT2D eigenvalue weighted by atomic mass is 16.5. The van der Waals surface area contributed by atoms with Crippen LogP contribution in [0.1, 0.15) is 72.9 Å². The Morgan fingerprint density at radius 1 is 0.882 bits per heavy atom. The number of fused-ring (bicyclic) bond motifs is 5. The Morgan fingerprint density at radius 2 is 1.51 bits per heavy atom. The molecule has 0 aliphatic carbocycles. The van der Waals surface area contributed by atoms with Crippen LogP contribution in [0.3, 0.4) is 0 Å². The second-order valence-corrected chi connectivity index (χ2v) is 17.7. The van der Waals surface area contributed by atoms with E-state index in [2.05, 4.69) is 42.0 Å². The van der Waals surface area contributed by atoms with Gasteiger partial charge in [0, 0.05) is 57.3 Å². The maximum Gasteiger partial charge on any atom is 0.257 e. The zero-order chi connectivity index (χ0) is 49.9. The average Bonchev–Trinajstić information content (AvgIpc) is 3.30. The largest absolute Gasteiger partial charge is 0.492 e. The number of nitrogens with one attached hydrogen (secondary N) is 4. The Morgan fingerprint density at radius 3 is 2.10 bits per heavy atom. The molecule has 362 valence electrons. The van der Waals surface area contributed by atoms with Gasteiger partial charge < -0.3 is 57.7 Å². The van der Waals surface area contributed by atoms with Crippen molar-refractivity contribution < 1.29 is 33.4 Å². The lowest BCUT2D eigenvalue weighted by Gasteiger charge is -2.33. The van der Waals surface area contributed by atoms with Crippen LogP contribution < -0.4 is 52.8 Å². The molecule has 2 heterocycles. The van der Waals surface area contributed by atoms with Crippen LogP contribution in [0.15, 0.2) is 60.7 Å². The average molecular weight is 933 g/mol. The number of aryl methyl sites for hydroxylation is 1. The molecule has 68 heavy (non-hydrogen) atoms. The summed E-state index contributed by atoms with van der Waals surface area (Å²) in [7, 11) is 4.92. The number of aromatic nitrogens is 2. The minimum Gasteiger partial charge on any atom is -0.492 e. The SMILES string of the molecule is Cc1nc(-c2ccc(C(C)(C)C)cc2)nc(N(C)C)c1C(=O)NC(CCN)C(=O)N(C)[C@@H]1C(=O)N[C@@H](C)C(=O)N[C@H](C(=O)NCC#N)Cc2ccc(OCCN)c(c2)-c2cc1ccc2OCCN. The normalized spacial score (nSPS) is 16.5. The lowest BCUT2D eigenvalue weighted by molar-refractivity contribution is -0.141. The number of ether oxygens (including phenoxy) is 2. The van der Waals surface area contributed by atoms with Gasteiger partial charge in [-0.3, -0.25) is 24.0 Å². The van der Waals surface area contributed by atoms with Gasteiger partial charge in [0.05, 0.1) is 11.8 Å².